The number of hydrogen-bond donors (Lipinski definition) is 1. The second-order valence-electron chi connectivity index (χ2n) is 6.21. The number of nitrogens with zero attached hydrogens (tertiary/aromatic N) is 2. The van der Waals surface area contributed by atoms with E-state index in [1.54, 1.807) is 63.0 Å². The number of carbonyl (C=O) groups is 1. The Labute approximate surface area is 169 Å². The Morgan fingerprint density at radius 2 is 1.55 bits per heavy atom. The van der Waals surface area contributed by atoms with Crippen LogP contribution in [0.2, 0.25) is 0 Å². The van der Waals surface area contributed by atoms with E-state index in [2.05, 4.69) is 15.3 Å². The first kappa shape index (κ1) is 20.3. The number of hydrogen-bond acceptors (Lipinski definition) is 6. The lowest BCUT2D eigenvalue weighted by atomic mass is 10.1. The molecular formula is C22H23N3O4. The number of ether oxygens (including phenoxy) is 3. The van der Waals surface area contributed by atoms with Gasteiger partial charge >= 0.3 is 6.01 Å². The molecule has 1 aromatic heterocycles. The van der Waals surface area contributed by atoms with Crippen LogP contribution in [0.5, 0.6) is 17.5 Å². The third-order valence-electron chi connectivity index (χ3n) is 4.19. The third-order valence-corrected chi connectivity index (χ3v) is 4.19. The maximum absolute atomic E-state index is 12.1. The van der Waals surface area contributed by atoms with Crippen LogP contribution < -0.4 is 14.8 Å². The van der Waals surface area contributed by atoms with Crippen LogP contribution >= 0.6 is 0 Å². The molecule has 0 saturated heterocycles. The highest BCUT2D eigenvalue weighted by molar-refractivity contribution is 5.94. The molecule has 0 spiro atoms. The van der Waals surface area contributed by atoms with E-state index in [0.29, 0.717) is 24.5 Å². The lowest BCUT2D eigenvalue weighted by molar-refractivity contribution is 0.0948. The summed E-state index contributed by atoms with van der Waals surface area (Å²) in [6.07, 6.45) is 4.15. The summed E-state index contributed by atoms with van der Waals surface area (Å²) in [6, 6.07) is 14.7. The normalized spacial score (nSPS) is 10.4. The van der Waals surface area contributed by atoms with Crippen LogP contribution in [0.1, 0.15) is 16.8 Å². The number of carbonyl (C=O) groups excluding carboxylic acids is 1. The number of benzene rings is 2. The number of rotatable bonds is 9. The molecule has 0 aliphatic heterocycles. The molecule has 0 fully saturated rings. The lowest BCUT2D eigenvalue weighted by Gasteiger charge is -2.07. The molecule has 0 unspecified atom stereocenters. The highest BCUT2D eigenvalue weighted by Gasteiger charge is 2.07. The Kier molecular flexibility index (Phi) is 7.13. The minimum atomic E-state index is -0.104. The molecule has 0 bridgehead atoms. The van der Waals surface area contributed by atoms with Crippen LogP contribution in [0.25, 0.3) is 11.1 Å². The van der Waals surface area contributed by atoms with Crippen LogP contribution in [0.4, 0.5) is 0 Å². The average molecular weight is 393 g/mol. The standard InChI is InChI=1S/C22H23N3O4/c1-27-13-3-12-23-21(26)17-6-4-16(5-7-17)18-14-24-22(25-15-18)29-20-10-8-19(28-2)9-11-20/h4-11,14-15H,3,12-13H2,1-2H3,(H,23,26). The first-order valence-electron chi connectivity index (χ1n) is 9.21. The van der Waals surface area contributed by atoms with E-state index in [0.717, 1.165) is 23.3 Å². The monoisotopic (exact) mass is 393 g/mol. The maximum atomic E-state index is 12.1. The molecule has 2 aromatic carbocycles. The lowest BCUT2D eigenvalue weighted by Crippen LogP contribution is -2.25. The molecule has 29 heavy (non-hydrogen) atoms. The van der Waals surface area contributed by atoms with Crippen molar-refractivity contribution < 1.29 is 19.0 Å². The fraction of sp³-hybridized carbons (Fsp3) is 0.227. The molecule has 1 amide bonds. The van der Waals surface area contributed by atoms with Gasteiger partial charge in [-0.05, 0) is 48.4 Å². The van der Waals surface area contributed by atoms with Crippen LogP contribution in [0.3, 0.4) is 0 Å². The van der Waals surface area contributed by atoms with Gasteiger partial charge in [-0.2, -0.15) is 0 Å². The summed E-state index contributed by atoms with van der Waals surface area (Å²) >= 11 is 0. The van der Waals surface area contributed by atoms with Gasteiger partial charge < -0.3 is 19.5 Å². The number of aromatic nitrogens is 2. The van der Waals surface area contributed by atoms with E-state index in [-0.39, 0.29) is 11.9 Å². The van der Waals surface area contributed by atoms with Gasteiger partial charge in [0.05, 0.1) is 7.11 Å². The topological polar surface area (TPSA) is 82.6 Å². The highest BCUT2D eigenvalue weighted by atomic mass is 16.5. The molecule has 1 heterocycles. The van der Waals surface area contributed by atoms with Crippen LogP contribution in [-0.4, -0.2) is 43.2 Å². The predicted octanol–water partition coefficient (Wildman–Crippen LogP) is 3.71. The van der Waals surface area contributed by atoms with Crippen LogP contribution in [-0.2, 0) is 4.74 Å². The molecule has 3 aromatic rings. The van der Waals surface area contributed by atoms with E-state index in [1.165, 1.54) is 0 Å². The Morgan fingerprint density at radius 3 is 2.17 bits per heavy atom. The fourth-order valence-corrected chi connectivity index (χ4v) is 2.60. The zero-order valence-corrected chi connectivity index (χ0v) is 16.4. The van der Waals surface area contributed by atoms with Gasteiger partial charge in [-0.1, -0.05) is 12.1 Å². The minimum Gasteiger partial charge on any atom is -0.497 e. The zero-order valence-electron chi connectivity index (χ0n) is 16.4. The van der Waals surface area contributed by atoms with Gasteiger partial charge in [0.25, 0.3) is 5.91 Å². The molecule has 0 radical (unpaired) electrons. The summed E-state index contributed by atoms with van der Waals surface area (Å²) in [5.41, 5.74) is 2.35. The Hall–Kier alpha value is -3.45. The number of nitrogens with one attached hydrogen (secondary N) is 1. The molecule has 7 nitrogen and oxygen atoms in total. The van der Waals surface area contributed by atoms with Crippen molar-refractivity contribution in [1.29, 1.82) is 0 Å². The molecule has 0 aliphatic rings. The largest absolute Gasteiger partial charge is 0.497 e. The van der Waals surface area contributed by atoms with Crippen LogP contribution in [0.15, 0.2) is 60.9 Å². The minimum absolute atomic E-state index is 0.104. The highest BCUT2D eigenvalue weighted by Crippen LogP contribution is 2.23. The SMILES string of the molecule is COCCCNC(=O)c1ccc(-c2cnc(Oc3ccc(OC)cc3)nc2)cc1. The van der Waals surface area contributed by atoms with E-state index >= 15 is 0 Å². The molecule has 1 N–H and O–H groups in total. The molecule has 150 valence electrons. The van der Waals surface area contributed by atoms with E-state index < -0.39 is 0 Å². The van der Waals surface area contributed by atoms with Gasteiger partial charge in [-0.3, -0.25) is 4.79 Å². The zero-order chi connectivity index (χ0) is 20.5. The molecule has 0 aliphatic carbocycles. The Bertz CT molecular complexity index is 910. The van der Waals surface area contributed by atoms with Gasteiger partial charge in [-0.25, -0.2) is 9.97 Å². The summed E-state index contributed by atoms with van der Waals surface area (Å²) in [4.78, 5) is 20.6. The molecule has 7 heteroatoms. The fourth-order valence-electron chi connectivity index (χ4n) is 2.60. The third kappa shape index (κ3) is 5.76. The second-order valence-corrected chi connectivity index (χ2v) is 6.21. The van der Waals surface area contributed by atoms with Crippen molar-refractivity contribution in [1.82, 2.24) is 15.3 Å². The first-order chi connectivity index (χ1) is 14.2. The van der Waals surface area contributed by atoms with E-state index in [1.807, 2.05) is 12.1 Å². The number of amides is 1. The van der Waals surface area contributed by atoms with E-state index in [9.17, 15) is 4.79 Å². The molecule has 3 rings (SSSR count). The Morgan fingerprint density at radius 1 is 0.897 bits per heavy atom. The molecule has 0 atom stereocenters. The quantitative estimate of drug-likeness (QED) is 0.558. The van der Waals surface area contributed by atoms with Crippen molar-refractivity contribution >= 4 is 5.91 Å². The Balaban J connectivity index is 1.59. The summed E-state index contributed by atoms with van der Waals surface area (Å²) < 4.78 is 15.7. The van der Waals surface area contributed by atoms with Crippen molar-refractivity contribution in [2.24, 2.45) is 0 Å². The van der Waals surface area contributed by atoms with Crippen LogP contribution in [0, 0.1) is 0 Å². The van der Waals surface area contributed by atoms with Crippen molar-refractivity contribution in [3.05, 3.63) is 66.5 Å². The van der Waals surface area contributed by atoms with Gasteiger partial charge in [0, 0.05) is 43.8 Å². The van der Waals surface area contributed by atoms with Crippen molar-refractivity contribution in [2.75, 3.05) is 27.4 Å². The van der Waals surface area contributed by atoms with Crippen molar-refractivity contribution in [3.8, 4) is 28.6 Å². The summed E-state index contributed by atoms with van der Waals surface area (Å²) in [5.74, 6) is 1.27. The number of methoxy groups -OCH3 is 2. The molecule has 0 saturated carbocycles. The summed E-state index contributed by atoms with van der Waals surface area (Å²) in [6.45, 7) is 1.20. The van der Waals surface area contributed by atoms with Crippen molar-refractivity contribution in [2.45, 2.75) is 6.42 Å². The molecular weight excluding hydrogens is 370 g/mol. The first-order valence-corrected chi connectivity index (χ1v) is 9.21. The average Bonchev–Trinajstić information content (AvgIpc) is 2.78. The van der Waals surface area contributed by atoms with Gasteiger partial charge in [-0.15, -0.1) is 0 Å². The maximum Gasteiger partial charge on any atom is 0.321 e. The summed E-state index contributed by atoms with van der Waals surface area (Å²) in [7, 11) is 3.25. The van der Waals surface area contributed by atoms with Gasteiger partial charge in [0.15, 0.2) is 0 Å². The van der Waals surface area contributed by atoms with Gasteiger partial charge in [0.2, 0.25) is 0 Å². The predicted molar refractivity (Wildman–Crippen MR) is 109 cm³/mol. The summed E-state index contributed by atoms with van der Waals surface area (Å²) in [5, 5.41) is 2.86. The van der Waals surface area contributed by atoms with Crippen molar-refractivity contribution in [3.63, 3.8) is 0 Å². The van der Waals surface area contributed by atoms with E-state index in [4.69, 9.17) is 14.2 Å². The van der Waals surface area contributed by atoms with Gasteiger partial charge in [0.1, 0.15) is 11.5 Å². The second kappa shape index (κ2) is 10.2. The smallest absolute Gasteiger partial charge is 0.321 e.